The van der Waals surface area contributed by atoms with Crippen molar-refractivity contribution < 1.29 is 43.2 Å². The maximum Gasteiger partial charge on any atom is 0.255 e. The second kappa shape index (κ2) is 29.9. The quantitative estimate of drug-likeness (QED) is 0.0415. The van der Waals surface area contributed by atoms with Gasteiger partial charge in [0.25, 0.3) is 17.7 Å². The molecule has 3 unspecified atom stereocenters. The van der Waals surface area contributed by atoms with Gasteiger partial charge in [0.1, 0.15) is 23.6 Å². The van der Waals surface area contributed by atoms with Crippen LogP contribution in [-0.4, -0.2) is 112 Å². The number of rotatable bonds is 15. The van der Waals surface area contributed by atoms with Crippen LogP contribution in [0.1, 0.15) is 171 Å². The van der Waals surface area contributed by atoms with Gasteiger partial charge in [-0.15, -0.1) is 19.3 Å². The average molecular weight is 1230 g/mol. The summed E-state index contributed by atoms with van der Waals surface area (Å²) in [5.41, 5.74) is 11.2. The number of hydrogen-bond acceptors (Lipinski definition) is 13. The van der Waals surface area contributed by atoms with Crippen LogP contribution in [0, 0.1) is 60.7 Å². The number of anilines is 1. The smallest absolute Gasteiger partial charge is 0.255 e. The van der Waals surface area contributed by atoms with E-state index in [9.17, 15) is 43.2 Å². The predicted octanol–water partition coefficient (Wildman–Crippen LogP) is 6.80. The molecule has 0 bridgehead atoms. The zero-order valence-corrected chi connectivity index (χ0v) is 50.7. The number of aromatic nitrogens is 4. The van der Waals surface area contributed by atoms with E-state index in [1.807, 2.05) is 65.2 Å². The van der Waals surface area contributed by atoms with Crippen LogP contribution < -0.4 is 16.0 Å². The Morgan fingerprint density at radius 2 is 1.04 bits per heavy atom. The zero-order chi connectivity index (χ0) is 64.7. The molecule has 3 aromatic heterocycles. The van der Waals surface area contributed by atoms with Crippen LogP contribution in [0.2, 0.25) is 0 Å². The van der Waals surface area contributed by atoms with Crippen molar-refractivity contribution in [3.8, 4) is 60.7 Å². The fraction of sp³-hybridized carbons (Fsp3) is 0.315. The molecule has 0 spiro atoms. The lowest BCUT2D eigenvalue weighted by Gasteiger charge is -2.29. The number of imidazole rings is 1. The van der Waals surface area contributed by atoms with Gasteiger partial charge in [-0.2, -0.15) is 0 Å². The van der Waals surface area contributed by atoms with E-state index in [1.165, 1.54) is 0 Å². The highest BCUT2D eigenvalue weighted by molar-refractivity contribution is 6.09. The molecule has 3 N–H and O–H groups in total. The summed E-state index contributed by atoms with van der Waals surface area (Å²) >= 11 is 0. The van der Waals surface area contributed by atoms with E-state index < -0.39 is 29.9 Å². The van der Waals surface area contributed by atoms with Crippen LogP contribution in [-0.2, 0) is 67.8 Å². The lowest BCUT2D eigenvalue weighted by Crippen LogP contribution is -2.52. The number of Topliss-reactive ketones (excluding diaryl/α,β-unsaturated/α-hetero) is 2. The van der Waals surface area contributed by atoms with Gasteiger partial charge < -0.3 is 24.6 Å². The molecule has 12 rings (SSSR count). The first-order valence-corrected chi connectivity index (χ1v) is 30.7. The molecule has 3 atom stereocenters. The number of carbonyl (C=O) groups excluding carboxylic acids is 9. The number of piperidine rings is 2. The first-order valence-electron chi connectivity index (χ1n) is 30.7. The minimum Gasteiger partial charge on any atom is -0.385 e. The van der Waals surface area contributed by atoms with Gasteiger partial charge in [0.15, 0.2) is 5.78 Å². The number of nitrogens with one attached hydrogen (secondary N) is 3. The first-order chi connectivity index (χ1) is 44.7. The lowest BCUT2D eigenvalue weighted by molar-refractivity contribution is -0.138. The van der Waals surface area contributed by atoms with Gasteiger partial charge in [-0.25, -0.2) is 4.98 Å². The number of aryl methyl sites for hydroxylation is 3. The van der Waals surface area contributed by atoms with Gasteiger partial charge in [0.05, 0.1) is 25.0 Å². The van der Waals surface area contributed by atoms with Crippen molar-refractivity contribution >= 4 is 58.6 Å². The summed E-state index contributed by atoms with van der Waals surface area (Å²) in [6.07, 6.45) is 31.5. The van der Waals surface area contributed by atoms with E-state index in [1.54, 1.807) is 57.8 Å². The van der Waals surface area contributed by atoms with Crippen LogP contribution >= 0.6 is 0 Å². The molecule has 0 radical (unpaired) electrons. The third-order valence-electron chi connectivity index (χ3n) is 16.9. The molecule has 19 heteroatoms. The van der Waals surface area contributed by atoms with Crippen molar-refractivity contribution in [3.05, 3.63) is 176 Å². The van der Waals surface area contributed by atoms with E-state index in [2.05, 4.69) is 72.3 Å². The Bertz CT molecular complexity index is 4180. The molecular weight excluding hydrogens is 1160 g/mol. The lowest BCUT2D eigenvalue weighted by atomic mass is 9.92. The molecule has 1 aliphatic carbocycles. The number of imide groups is 2. The third-order valence-corrected chi connectivity index (χ3v) is 16.9. The predicted molar refractivity (Wildman–Crippen MR) is 341 cm³/mol. The SMILES string of the molecule is C#Cc1ccc(CCCC#Cc2cccc3c2CN(C2CCC(=O)NC2=O)C3=O)nc1.C#Cc1ccc(CCCCNc2cccc3c2CN(C2CCC(=O)NC2=O)C3=O)nc1.C#Cc1cncn1CCCC#Cc1cccc2c1CN(C1CCC(=O)CC1=O)C2=O. The Balaban J connectivity index is 0.000000151. The summed E-state index contributed by atoms with van der Waals surface area (Å²) in [6, 6.07) is 22.5. The Labute approximate surface area is 533 Å². The highest BCUT2D eigenvalue weighted by Crippen LogP contribution is 2.34. The largest absolute Gasteiger partial charge is 0.385 e. The Morgan fingerprint density at radius 1 is 0.533 bits per heavy atom. The summed E-state index contributed by atoms with van der Waals surface area (Å²) in [6.45, 7) is 2.58. The van der Waals surface area contributed by atoms with Gasteiger partial charge in [-0.05, 0) is 130 Å². The van der Waals surface area contributed by atoms with Crippen molar-refractivity contribution in [1.82, 2.24) is 44.9 Å². The summed E-state index contributed by atoms with van der Waals surface area (Å²) in [7, 11) is 0. The van der Waals surface area contributed by atoms with Crippen LogP contribution in [0.3, 0.4) is 0 Å². The first kappa shape index (κ1) is 63.8. The number of carbonyl (C=O) groups is 9. The molecule has 19 nitrogen and oxygen atoms in total. The van der Waals surface area contributed by atoms with Gasteiger partial charge in [-0.3, -0.25) is 63.8 Å². The summed E-state index contributed by atoms with van der Waals surface area (Å²) in [4.78, 5) is 127. The van der Waals surface area contributed by atoms with Gasteiger partial charge in [-0.1, -0.05) is 59.6 Å². The van der Waals surface area contributed by atoms with E-state index >= 15 is 0 Å². The molecule has 8 heterocycles. The Kier molecular flexibility index (Phi) is 20.7. The second-order valence-electron chi connectivity index (χ2n) is 22.9. The van der Waals surface area contributed by atoms with Crippen LogP contribution in [0.15, 0.2) is 104 Å². The van der Waals surface area contributed by atoms with Crippen LogP contribution in [0.5, 0.6) is 0 Å². The van der Waals surface area contributed by atoms with E-state index in [0.29, 0.717) is 74.8 Å². The second-order valence-corrected chi connectivity index (χ2v) is 22.9. The number of ketones is 2. The minimum atomic E-state index is -0.619. The summed E-state index contributed by atoms with van der Waals surface area (Å²) in [5, 5.41) is 8.09. The van der Waals surface area contributed by atoms with Crippen molar-refractivity contribution in [1.29, 1.82) is 0 Å². The molecule has 6 aromatic rings. The standard InChI is InChI=1S/C25H21N3O3.C24H24N4O3.C24H21N3O3/c1-2-17-11-12-19(26-15-17)9-5-3-4-7-18-8-6-10-20-21(18)16-28(25(20)31)22-13-14-23(29)27-24(22)30;1-2-16-9-10-17(26-14-16)6-3-4-13-25-20-8-5-7-18-19(20)15-28(24(18)31)21-11-12-22(29)27-23(21)30;1-2-18-14-25-16-26(18)12-5-3-4-7-17-8-6-9-20-21(17)15-27(24(20)30)22-11-10-19(28)13-23(22)29/h1,6,8,10-12,15,22H,3,5,9,13-14,16H2,(H,27,29,30);1,5,7-10,14,21,25H,3-4,6,11-13,15H2,(H,27,29,30);1,6,8-9,14,16,22H,3,5,10-13,15H2. The Morgan fingerprint density at radius 3 is 1.57 bits per heavy atom. The van der Waals surface area contributed by atoms with E-state index in [4.69, 9.17) is 19.3 Å². The zero-order valence-electron chi connectivity index (χ0n) is 50.7. The van der Waals surface area contributed by atoms with Crippen molar-refractivity contribution in [3.63, 3.8) is 0 Å². The number of nitrogens with zero attached hydrogens (tertiary/aromatic N) is 7. The number of terminal acetylenes is 3. The normalized spacial score (nSPS) is 17.8. The number of fused-ring (bicyclic) bond motifs is 3. The van der Waals surface area contributed by atoms with Gasteiger partial charge >= 0.3 is 0 Å². The number of amides is 7. The maximum absolute atomic E-state index is 12.9. The molecule has 2 saturated heterocycles. The van der Waals surface area contributed by atoms with Crippen molar-refractivity contribution in [2.24, 2.45) is 0 Å². The average Bonchev–Trinajstić information content (AvgIpc) is 1.65. The highest BCUT2D eigenvalue weighted by atomic mass is 16.2. The van der Waals surface area contributed by atoms with Crippen LogP contribution in [0.4, 0.5) is 5.69 Å². The molecule has 1 saturated carbocycles. The monoisotopic (exact) mass is 1230 g/mol. The number of pyridine rings is 2. The van der Waals surface area contributed by atoms with Gasteiger partial charge in [0.2, 0.25) is 23.6 Å². The topological polar surface area (TPSA) is 243 Å². The van der Waals surface area contributed by atoms with Crippen molar-refractivity contribution in [2.75, 3.05) is 11.9 Å². The van der Waals surface area contributed by atoms with E-state index in [0.717, 1.165) is 113 Å². The number of unbranched alkanes of at least 4 members (excludes halogenated alkanes) is 3. The molecule has 3 aromatic carbocycles. The number of benzene rings is 3. The summed E-state index contributed by atoms with van der Waals surface area (Å²) < 4.78 is 1.92. The Hall–Kier alpha value is -11.2. The minimum absolute atomic E-state index is 0.0444. The fourth-order valence-corrected chi connectivity index (χ4v) is 12.0. The molecular formula is C73H66N10O9. The molecule has 462 valence electrons. The third kappa shape index (κ3) is 15.1. The fourth-order valence-electron chi connectivity index (χ4n) is 12.0. The maximum atomic E-state index is 12.9. The molecule has 3 fully saturated rings. The molecule has 92 heavy (non-hydrogen) atoms. The molecule has 6 aliphatic rings. The molecule has 7 amide bonds. The van der Waals surface area contributed by atoms with E-state index in [-0.39, 0.29) is 60.4 Å². The molecule has 5 aliphatic heterocycles. The number of hydrogen-bond donors (Lipinski definition) is 3. The van der Waals surface area contributed by atoms with Crippen molar-refractivity contribution in [2.45, 2.75) is 141 Å². The summed E-state index contributed by atoms with van der Waals surface area (Å²) in [5.74, 6) is 18.4. The van der Waals surface area contributed by atoms with Gasteiger partial charge in [0, 0.05) is 139 Å². The highest BCUT2D eigenvalue weighted by Gasteiger charge is 2.42. The van der Waals surface area contributed by atoms with Crippen LogP contribution in [0.25, 0.3) is 0 Å².